The molecule has 1 saturated heterocycles. The standard InChI is InChI=1S/C7H10F3N/c1-11-3-6(4-11)2-5(6)7(8,9)10/h5H,2-4H2,1H3. The fourth-order valence-electron chi connectivity index (χ4n) is 2.19. The van der Waals surface area contributed by atoms with Crippen molar-refractivity contribution in [1.82, 2.24) is 4.90 Å². The van der Waals surface area contributed by atoms with E-state index >= 15 is 0 Å². The fourth-order valence-corrected chi connectivity index (χ4v) is 2.19. The van der Waals surface area contributed by atoms with Crippen LogP contribution in [-0.4, -0.2) is 31.2 Å². The van der Waals surface area contributed by atoms with Gasteiger partial charge in [-0.05, 0) is 13.5 Å². The molecule has 2 aliphatic rings. The summed E-state index contributed by atoms with van der Waals surface area (Å²) in [5, 5.41) is 0. The molecule has 2 fully saturated rings. The van der Waals surface area contributed by atoms with Gasteiger partial charge in [-0.25, -0.2) is 0 Å². The number of nitrogens with zero attached hydrogens (tertiary/aromatic N) is 1. The van der Waals surface area contributed by atoms with Crippen molar-refractivity contribution in [3.63, 3.8) is 0 Å². The fraction of sp³-hybridized carbons (Fsp3) is 1.00. The highest BCUT2D eigenvalue weighted by Crippen LogP contribution is 2.64. The molecule has 0 aromatic heterocycles. The molecule has 64 valence electrons. The van der Waals surface area contributed by atoms with Gasteiger partial charge in [0, 0.05) is 18.5 Å². The van der Waals surface area contributed by atoms with Crippen molar-refractivity contribution in [2.75, 3.05) is 20.1 Å². The molecule has 1 saturated carbocycles. The lowest BCUT2D eigenvalue weighted by Crippen LogP contribution is -2.48. The average Bonchev–Trinajstić information content (AvgIpc) is 2.37. The summed E-state index contributed by atoms with van der Waals surface area (Å²) >= 11 is 0. The number of hydrogen-bond donors (Lipinski definition) is 0. The molecule has 0 N–H and O–H groups in total. The van der Waals surface area contributed by atoms with Crippen molar-refractivity contribution in [3.8, 4) is 0 Å². The van der Waals surface area contributed by atoms with Gasteiger partial charge in [-0.3, -0.25) is 0 Å². The minimum Gasteiger partial charge on any atom is -0.305 e. The van der Waals surface area contributed by atoms with Crippen LogP contribution in [0.2, 0.25) is 0 Å². The van der Waals surface area contributed by atoms with Crippen LogP contribution in [0.15, 0.2) is 0 Å². The van der Waals surface area contributed by atoms with Gasteiger partial charge in [0.2, 0.25) is 0 Å². The molecule has 2 rings (SSSR count). The zero-order valence-corrected chi connectivity index (χ0v) is 6.28. The summed E-state index contributed by atoms with van der Waals surface area (Å²) in [5.74, 6) is -0.994. The van der Waals surface area contributed by atoms with Crippen LogP contribution < -0.4 is 0 Å². The van der Waals surface area contributed by atoms with Gasteiger partial charge in [0.25, 0.3) is 0 Å². The number of halogens is 3. The molecule has 1 spiro atoms. The highest BCUT2D eigenvalue weighted by Gasteiger charge is 2.70. The van der Waals surface area contributed by atoms with Gasteiger partial charge in [0.05, 0.1) is 5.92 Å². The minimum atomic E-state index is -3.94. The topological polar surface area (TPSA) is 3.24 Å². The number of likely N-dealkylation sites (tertiary alicyclic amines) is 1. The first-order chi connectivity index (χ1) is 4.94. The van der Waals surface area contributed by atoms with E-state index in [0.29, 0.717) is 19.5 Å². The lowest BCUT2D eigenvalue weighted by Gasteiger charge is -2.38. The van der Waals surface area contributed by atoms with Crippen molar-refractivity contribution >= 4 is 0 Å². The van der Waals surface area contributed by atoms with E-state index in [4.69, 9.17) is 0 Å². The Morgan fingerprint density at radius 3 is 2.18 bits per heavy atom. The molecule has 0 radical (unpaired) electrons. The Labute approximate surface area is 63.2 Å². The lowest BCUT2D eigenvalue weighted by atomic mass is 9.94. The summed E-state index contributed by atoms with van der Waals surface area (Å²) in [7, 11) is 1.86. The van der Waals surface area contributed by atoms with Crippen LogP contribution in [-0.2, 0) is 0 Å². The number of alkyl halides is 3. The predicted octanol–water partition coefficient (Wildman–Crippen LogP) is 1.50. The summed E-state index contributed by atoms with van der Waals surface area (Å²) in [6.07, 6.45) is -3.58. The van der Waals surface area contributed by atoms with Gasteiger partial charge in [0.15, 0.2) is 0 Å². The third-order valence-corrected chi connectivity index (χ3v) is 2.75. The van der Waals surface area contributed by atoms with Crippen molar-refractivity contribution in [2.45, 2.75) is 12.6 Å². The summed E-state index contributed by atoms with van der Waals surface area (Å²) in [6.45, 7) is 1.27. The Kier molecular flexibility index (Phi) is 1.17. The van der Waals surface area contributed by atoms with E-state index in [1.165, 1.54) is 0 Å². The first-order valence-corrected chi connectivity index (χ1v) is 3.69. The predicted molar refractivity (Wildman–Crippen MR) is 34.1 cm³/mol. The van der Waals surface area contributed by atoms with Gasteiger partial charge < -0.3 is 4.90 Å². The van der Waals surface area contributed by atoms with E-state index < -0.39 is 12.1 Å². The molecule has 0 bridgehead atoms. The normalized spacial score (nSPS) is 35.5. The zero-order valence-electron chi connectivity index (χ0n) is 6.28. The Morgan fingerprint density at radius 2 is 1.91 bits per heavy atom. The maximum absolute atomic E-state index is 12.1. The SMILES string of the molecule is CN1CC2(CC2C(F)(F)F)C1. The Balaban J connectivity index is 1.96. The maximum Gasteiger partial charge on any atom is 0.392 e. The van der Waals surface area contributed by atoms with Crippen LogP contribution in [0.5, 0.6) is 0 Å². The molecular weight excluding hydrogens is 155 g/mol. The second-order valence-electron chi connectivity index (χ2n) is 3.83. The minimum absolute atomic E-state index is 0.354. The van der Waals surface area contributed by atoms with Crippen LogP contribution in [0.25, 0.3) is 0 Å². The van der Waals surface area contributed by atoms with Crippen molar-refractivity contribution < 1.29 is 13.2 Å². The molecular formula is C7H10F3N. The van der Waals surface area contributed by atoms with E-state index in [-0.39, 0.29) is 5.41 Å². The average molecular weight is 165 g/mol. The van der Waals surface area contributed by atoms with Crippen molar-refractivity contribution in [3.05, 3.63) is 0 Å². The van der Waals surface area contributed by atoms with Crippen LogP contribution in [0, 0.1) is 11.3 Å². The van der Waals surface area contributed by atoms with Crippen LogP contribution in [0.3, 0.4) is 0 Å². The molecule has 0 aromatic rings. The van der Waals surface area contributed by atoms with Gasteiger partial charge >= 0.3 is 6.18 Å². The third-order valence-electron chi connectivity index (χ3n) is 2.75. The second-order valence-corrected chi connectivity index (χ2v) is 3.83. The highest BCUT2D eigenvalue weighted by atomic mass is 19.4. The van der Waals surface area contributed by atoms with Crippen molar-refractivity contribution in [1.29, 1.82) is 0 Å². The van der Waals surface area contributed by atoms with Crippen LogP contribution in [0.4, 0.5) is 13.2 Å². The van der Waals surface area contributed by atoms with Gasteiger partial charge in [-0.15, -0.1) is 0 Å². The van der Waals surface area contributed by atoms with E-state index in [0.717, 1.165) is 0 Å². The first kappa shape index (κ1) is 7.40. The summed E-state index contributed by atoms with van der Waals surface area (Å²) in [6, 6.07) is 0. The smallest absolute Gasteiger partial charge is 0.305 e. The van der Waals surface area contributed by atoms with E-state index in [1.54, 1.807) is 0 Å². The van der Waals surface area contributed by atoms with Crippen LogP contribution >= 0.6 is 0 Å². The molecule has 1 atom stereocenters. The molecule has 1 aliphatic carbocycles. The van der Waals surface area contributed by atoms with Gasteiger partial charge in [0.1, 0.15) is 0 Å². The van der Waals surface area contributed by atoms with Crippen molar-refractivity contribution in [2.24, 2.45) is 11.3 Å². The molecule has 1 unspecified atom stereocenters. The molecule has 4 heteroatoms. The molecule has 11 heavy (non-hydrogen) atoms. The zero-order chi connectivity index (χ0) is 8.28. The summed E-state index contributed by atoms with van der Waals surface area (Å²) in [5.41, 5.74) is -0.354. The second kappa shape index (κ2) is 1.73. The van der Waals surface area contributed by atoms with Gasteiger partial charge in [-0.1, -0.05) is 0 Å². The lowest BCUT2D eigenvalue weighted by molar-refractivity contribution is -0.163. The largest absolute Gasteiger partial charge is 0.392 e. The molecule has 1 aliphatic heterocycles. The van der Waals surface area contributed by atoms with Gasteiger partial charge in [-0.2, -0.15) is 13.2 Å². The Morgan fingerprint density at radius 1 is 1.36 bits per heavy atom. The van der Waals surface area contributed by atoms with E-state index in [9.17, 15) is 13.2 Å². The quantitative estimate of drug-likeness (QED) is 0.525. The molecule has 1 heterocycles. The first-order valence-electron chi connectivity index (χ1n) is 3.69. The van der Waals surface area contributed by atoms with E-state index in [1.807, 2.05) is 11.9 Å². The van der Waals surface area contributed by atoms with E-state index in [2.05, 4.69) is 0 Å². The maximum atomic E-state index is 12.1. The Bertz CT molecular complexity index is 181. The number of rotatable bonds is 0. The Hall–Kier alpha value is -0.250. The molecule has 0 aromatic carbocycles. The molecule has 1 nitrogen and oxygen atoms in total. The highest BCUT2D eigenvalue weighted by molar-refractivity contribution is 5.13. The summed E-state index contributed by atoms with van der Waals surface area (Å²) in [4.78, 5) is 1.94. The molecule has 0 amide bonds. The van der Waals surface area contributed by atoms with Crippen LogP contribution in [0.1, 0.15) is 6.42 Å². The monoisotopic (exact) mass is 165 g/mol. The summed E-state index contributed by atoms with van der Waals surface area (Å²) < 4.78 is 36.2. The third kappa shape index (κ3) is 0.956. The number of hydrogen-bond acceptors (Lipinski definition) is 1.